The Labute approximate surface area is 100 Å². The molecule has 0 spiro atoms. The van der Waals surface area contributed by atoms with E-state index in [2.05, 4.69) is 10.6 Å². The Morgan fingerprint density at radius 3 is 3.00 bits per heavy atom. The van der Waals surface area contributed by atoms with Crippen LogP contribution < -0.4 is 10.6 Å². The zero-order valence-electron chi connectivity index (χ0n) is 9.96. The average molecular weight is 246 g/mol. The van der Waals surface area contributed by atoms with Crippen molar-refractivity contribution in [3.63, 3.8) is 0 Å². The monoisotopic (exact) mass is 246 g/mol. The number of carbonyl (C=O) groups is 1. The molecule has 94 valence electrons. The van der Waals surface area contributed by atoms with Gasteiger partial charge in [-0.05, 0) is 19.4 Å². The van der Waals surface area contributed by atoms with Crippen LogP contribution in [0.5, 0.6) is 0 Å². The second-order valence-electron chi connectivity index (χ2n) is 4.08. The number of rotatable bonds is 5. The van der Waals surface area contributed by atoms with E-state index in [1.54, 1.807) is 0 Å². The fourth-order valence-corrected chi connectivity index (χ4v) is 2.43. The van der Waals surface area contributed by atoms with Crippen molar-refractivity contribution in [1.29, 1.82) is 0 Å². The van der Waals surface area contributed by atoms with E-state index in [9.17, 15) is 9.00 Å². The zero-order chi connectivity index (χ0) is 11.8. The van der Waals surface area contributed by atoms with Crippen LogP contribution in [0.4, 0.5) is 0 Å². The first kappa shape index (κ1) is 13.6. The summed E-state index contributed by atoms with van der Waals surface area (Å²) >= 11 is 0. The van der Waals surface area contributed by atoms with Gasteiger partial charge in [0.15, 0.2) is 0 Å². The third-order valence-electron chi connectivity index (χ3n) is 2.83. The van der Waals surface area contributed by atoms with Crippen molar-refractivity contribution in [3.05, 3.63) is 0 Å². The summed E-state index contributed by atoms with van der Waals surface area (Å²) in [5.41, 5.74) is 0. The van der Waals surface area contributed by atoms with Gasteiger partial charge < -0.3 is 10.6 Å². The minimum Gasteiger partial charge on any atom is -0.354 e. The molecule has 2 unspecified atom stereocenters. The van der Waals surface area contributed by atoms with Gasteiger partial charge in [0.25, 0.3) is 0 Å². The van der Waals surface area contributed by atoms with Crippen LogP contribution in [-0.4, -0.2) is 40.8 Å². The molecule has 0 aliphatic carbocycles. The van der Waals surface area contributed by atoms with Crippen molar-refractivity contribution < 1.29 is 9.00 Å². The minimum absolute atomic E-state index is 0.0439. The first-order chi connectivity index (χ1) is 7.74. The molecular formula is C11H22N2O2S. The third kappa shape index (κ3) is 5.07. The first-order valence-corrected chi connectivity index (χ1v) is 7.59. The molecule has 16 heavy (non-hydrogen) atoms. The van der Waals surface area contributed by atoms with Gasteiger partial charge in [0.05, 0.1) is 6.04 Å². The molecular weight excluding hydrogens is 224 g/mol. The fraction of sp³-hybridized carbons (Fsp3) is 0.909. The summed E-state index contributed by atoms with van der Waals surface area (Å²) in [6.45, 7) is 3.35. The summed E-state index contributed by atoms with van der Waals surface area (Å²) in [7, 11) is -0.787. The Kier molecular flexibility index (Phi) is 6.64. The SMILES string of the molecule is CCS(=O)CCNC(=O)C1CCCCCN1. The molecule has 1 rings (SSSR count). The predicted molar refractivity (Wildman–Crippen MR) is 66.8 cm³/mol. The summed E-state index contributed by atoms with van der Waals surface area (Å²) in [5.74, 6) is 1.29. The van der Waals surface area contributed by atoms with Gasteiger partial charge >= 0.3 is 0 Å². The largest absolute Gasteiger partial charge is 0.354 e. The van der Waals surface area contributed by atoms with E-state index in [1.165, 1.54) is 6.42 Å². The molecule has 0 aromatic carbocycles. The number of hydrogen-bond acceptors (Lipinski definition) is 3. The number of carbonyl (C=O) groups excluding carboxylic acids is 1. The molecule has 1 heterocycles. The van der Waals surface area contributed by atoms with E-state index in [0.29, 0.717) is 18.1 Å². The normalized spacial score (nSPS) is 23.4. The van der Waals surface area contributed by atoms with E-state index in [1.807, 2.05) is 6.92 Å². The smallest absolute Gasteiger partial charge is 0.237 e. The first-order valence-electron chi connectivity index (χ1n) is 6.10. The molecule has 1 saturated heterocycles. The molecule has 1 aliphatic heterocycles. The predicted octanol–water partition coefficient (Wildman–Crippen LogP) is 0.403. The molecule has 0 aromatic heterocycles. The third-order valence-corrected chi connectivity index (χ3v) is 4.13. The summed E-state index contributed by atoms with van der Waals surface area (Å²) in [6.07, 6.45) is 4.40. The molecule has 2 N–H and O–H groups in total. The van der Waals surface area contributed by atoms with Gasteiger partial charge in [-0.15, -0.1) is 0 Å². The van der Waals surface area contributed by atoms with Crippen LogP contribution in [0.1, 0.15) is 32.6 Å². The quantitative estimate of drug-likeness (QED) is 0.738. The molecule has 5 heteroatoms. The van der Waals surface area contributed by atoms with Crippen molar-refractivity contribution in [2.45, 2.75) is 38.6 Å². The Bertz CT molecular complexity index is 238. The molecule has 1 amide bonds. The average Bonchev–Trinajstić information content (AvgIpc) is 2.57. The second-order valence-corrected chi connectivity index (χ2v) is 5.94. The Morgan fingerprint density at radius 1 is 1.44 bits per heavy atom. The van der Waals surface area contributed by atoms with Gasteiger partial charge in [0.2, 0.25) is 5.91 Å². The van der Waals surface area contributed by atoms with Crippen LogP contribution in [-0.2, 0) is 15.6 Å². The van der Waals surface area contributed by atoms with Crippen LogP contribution in [0.3, 0.4) is 0 Å². The lowest BCUT2D eigenvalue weighted by Gasteiger charge is -2.15. The summed E-state index contributed by atoms with van der Waals surface area (Å²) < 4.78 is 11.2. The molecule has 2 atom stereocenters. The molecule has 0 saturated carbocycles. The van der Waals surface area contributed by atoms with Gasteiger partial charge in [-0.3, -0.25) is 9.00 Å². The maximum atomic E-state index is 11.7. The van der Waals surface area contributed by atoms with Crippen molar-refractivity contribution >= 4 is 16.7 Å². The van der Waals surface area contributed by atoms with Gasteiger partial charge in [0.1, 0.15) is 0 Å². The number of amides is 1. The topological polar surface area (TPSA) is 58.2 Å². The van der Waals surface area contributed by atoms with Crippen molar-refractivity contribution in [3.8, 4) is 0 Å². The molecule has 1 aliphatic rings. The minimum atomic E-state index is -0.787. The lowest BCUT2D eigenvalue weighted by atomic mass is 10.1. The van der Waals surface area contributed by atoms with Crippen LogP contribution >= 0.6 is 0 Å². The molecule has 0 bridgehead atoms. The van der Waals surface area contributed by atoms with E-state index in [4.69, 9.17) is 0 Å². The van der Waals surface area contributed by atoms with Crippen molar-refractivity contribution in [2.24, 2.45) is 0 Å². The molecule has 0 aromatic rings. The maximum Gasteiger partial charge on any atom is 0.237 e. The lowest BCUT2D eigenvalue weighted by Crippen LogP contribution is -2.44. The molecule has 4 nitrogen and oxygen atoms in total. The van der Waals surface area contributed by atoms with E-state index < -0.39 is 10.8 Å². The molecule has 0 radical (unpaired) electrons. The zero-order valence-corrected chi connectivity index (χ0v) is 10.8. The highest BCUT2D eigenvalue weighted by Crippen LogP contribution is 2.08. The highest BCUT2D eigenvalue weighted by atomic mass is 32.2. The van der Waals surface area contributed by atoms with Crippen LogP contribution in [0.2, 0.25) is 0 Å². The van der Waals surface area contributed by atoms with Gasteiger partial charge in [0, 0.05) is 28.9 Å². The van der Waals surface area contributed by atoms with Gasteiger partial charge in [-0.1, -0.05) is 19.8 Å². The van der Waals surface area contributed by atoms with Crippen molar-refractivity contribution in [1.82, 2.24) is 10.6 Å². The number of nitrogens with one attached hydrogen (secondary N) is 2. The maximum absolute atomic E-state index is 11.7. The Morgan fingerprint density at radius 2 is 2.25 bits per heavy atom. The van der Waals surface area contributed by atoms with Crippen LogP contribution in [0.25, 0.3) is 0 Å². The van der Waals surface area contributed by atoms with Crippen molar-refractivity contribution in [2.75, 3.05) is 24.6 Å². The number of hydrogen-bond donors (Lipinski definition) is 2. The highest BCUT2D eigenvalue weighted by molar-refractivity contribution is 7.84. The molecule has 1 fully saturated rings. The standard InChI is InChI=1S/C11H22N2O2S/c1-2-16(15)9-8-13-11(14)10-6-4-3-5-7-12-10/h10,12H,2-9H2,1H3,(H,13,14). The van der Waals surface area contributed by atoms with Gasteiger partial charge in [-0.25, -0.2) is 0 Å². The second kappa shape index (κ2) is 7.79. The van der Waals surface area contributed by atoms with E-state index >= 15 is 0 Å². The Hall–Kier alpha value is -0.420. The summed E-state index contributed by atoms with van der Waals surface area (Å²) in [5, 5.41) is 6.10. The van der Waals surface area contributed by atoms with Crippen LogP contribution in [0, 0.1) is 0 Å². The lowest BCUT2D eigenvalue weighted by molar-refractivity contribution is -0.123. The van der Waals surface area contributed by atoms with Gasteiger partial charge in [-0.2, -0.15) is 0 Å². The van der Waals surface area contributed by atoms with E-state index in [-0.39, 0.29) is 11.9 Å². The fourth-order valence-electron chi connectivity index (χ4n) is 1.81. The summed E-state index contributed by atoms with van der Waals surface area (Å²) in [6, 6.07) is -0.0439. The van der Waals surface area contributed by atoms with E-state index in [0.717, 1.165) is 25.8 Å². The summed E-state index contributed by atoms with van der Waals surface area (Å²) in [4.78, 5) is 11.7. The highest BCUT2D eigenvalue weighted by Gasteiger charge is 2.18. The van der Waals surface area contributed by atoms with Crippen LogP contribution in [0.15, 0.2) is 0 Å². The Balaban J connectivity index is 2.20.